The normalized spacial score (nSPS) is 30.3. The summed E-state index contributed by atoms with van der Waals surface area (Å²) < 4.78 is 0. The summed E-state index contributed by atoms with van der Waals surface area (Å²) in [6.07, 6.45) is 7.79. The lowest BCUT2D eigenvalue weighted by molar-refractivity contribution is 0.408. The maximum absolute atomic E-state index is 5.33. The molecule has 1 atom stereocenters. The summed E-state index contributed by atoms with van der Waals surface area (Å²) in [4.78, 5) is 0. The number of nitrogens with zero attached hydrogens (tertiary/aromatic N) is 1. The first-order chi connectivity index (χ1) is 6.75. The number of thiocarbonyl (C=S) groups is 1. The molecule has 0 aromatic rings. The van der Waals surface area contributed by atoms with Crippen LogP contribution in [0.3, 0.4) is 0 Å². The van der Waals surface area contributed by atoms with E-state index in [9.17, 15) is 0 Å². The van der Waals surface area contributed by atoms with Gasteiger partial charge in [-0.25, -0.2) is 0 Å². The monoisotopic (exact) mass is 211 g/mol. The Morgan fingerprint density at radius 1 is 1.36 bits per heavy atom. The number of hydrogen-bond donors (Lipinski definition) is 2. The molecular weight excluding hydrogens is 194 g/mol. The molecule has 1 unspecified atom stereocenters. The van der Waals surface area contributed by atoms with Crippen molar-refractivity contribution in [3.8, 4) is 0 Å². The Balaban J connectivity index is 1.86. The quantitative estimate of drug-likeness (QED) is 0.540. The predicted molar refractivity (Wildman–Crippen MR) is 62.0 cm³/mol. The largest absolute Gasteiger partial charge is 0.375 e. The van der Waals surface area contributed by atoms with Gasteiger partial charge in [-0.3, -0.25) is 5.43 Å². The van der Waals surface area contributed by atoms with Crippen molar-refractivity contribution < 1.29 is 0 Å². The van der Waals surface area contributed by atoms with Gasteiger partial charge in [0.15, 0.2) is 5.11 Å². The number of nitrogens with two attached hydrogens (primary N) is 1. The van der Waals surface area contributed by atoms with Gasteiger partial charge in [0.05, 0.1) is 0 Å². The molecule has 0 heterocycles. The van der Waals surface area contributed by atoms with Crippen molar-refractivity contribution in [3.63, 3.8) is 0 Å². The van der Waals surface area contributed by atoms with Gasteiger partial charge in [0.25, 0.3) is 0 Å². The minimum absolute atomic E-state index is 0.269. The molecule has 2 rings (SSSR count). The lowest BCUT2D eigenvalue weighted by Crippen LogP contribution is -2.27. The van der Waals surface area contributed by atoms with E-state index in [0.717, 1.165) is 24.7 Å². The Bertz CT molecular complexity index is 258. The number of hydrazone groups is 1. The predicted octanol–water partition coefficient (Wildman–Crippen LogP) is 1.78. The zero-order valence-electron chi connectivity index (χ0n) is 8.33. The van der Waals surface area contributed by atoms with Crippen molar-refractivity contribution in [2.75, 3.05) is 0 Å². The molecule has 0 aromatic carbocycles. The van der Waals surface area contributed by atoms with Crippen LogP contribution in [0.5, 0.6) is 0 Å². The van der Waals surface area contributed by atoms with E-state index in [-0.39, 0.29) is 5.11 Å². The lowest BCUT2D eigenvalue weighted by Gasteiger charge is -2.22. The third kappa shape index (κ3) is 2.67. The Morgan fingerprint density at radius 2 is 2.14 bits per heavy atom. The van der Waals surface area contributed by atoms with E-state index >= 15 is 0 Å². The third-order valence-corrected chi connectivity index (χ3v) is 3.24. The second-order valence-corrected chi connectivity index (χ2v) is 4.79. The fraction of sp³-hybridized carbons (Fsp3) is 0.800. The second-order valence-electron chi connectivity index (χ2n) is 4.35. The van der Waals surface area contributed by atoms with E-state index in [1.54, 1.807) is 0 Å². The molecule has 14 heavy (non-hydrogen) atoms. The number of hydrogen-bond acceptors (Lipinski definition) is 2. The number of rotatable bonds is 2. The maximum Gasteiger partial charge on any atom is 0.184 e. The molecule has 3 nitrogen and oxygen atoms in total. The summed E-state index contributed by atoms with van der Waals surface area (Å²) in [6, 6.07) is 0. The Kier molecular flexibility index (Phi) is 3.01. The zero-order chi connectivity index (χ0) is 9.97. The van der Waals surface area contributed by atoms with Gasteiger partial charge >= 0.3 is 0 Å². The average Bonchev–Trinajstić information content (AvgIpc) is 2.98. The van der Waals surface area contributed by atoms with E-state index in [0.29, 0.717) is 0 Å². The molecular formula is C10H17N3S. The van der Waals surface area contributed by atoms with Crippen LogP contribution in [0, 0.1) is 11.8 Å². The molecule has 2 fully saturated rings. The highest BCUT2D eigenvalue weighted by atomic mass is 32.1. The van der Waals surface area contributed by atoms with Gasteiger partial charge < -0.3 is 5.73 Å². The molecule has 3 N–H and O–H groups in total. The number of nitrogens with one attached hydrogen (secondary N) is 1. The van der Waals surface area contributed by atoms with Gasteiger partial charge in [-0.05, 0) is 62.6 Å². The van der Waals surface area contributed by atoms with E-state index in [2.05, 4.69) is 10.5 Å². The summed E-state index contributed by atoms with van der Waals surface area (Å²) in [5.74, 6) is 1.88. The van der Waals surface area contributed by atoms with E-state index < -0.39 is 0 Å². The molecule has 0 radical (unpaired) electrons. The molecule has 78 valence electrons. The average molecular weight is 211 g/mol. The van der Waals surface area contributed by atoms with Gasteiger partial charge in [0.1, 0.15) is 0 Å². The third-order valence-electron chi connectivity index (χ3n) is 3.15. The van der Waals surface area contributed by atoms with Gasteiger partial charge in [-0.15, -0.1) is 0 Å². The summed E-state index contributed by atoms with van der Waals surface area (Å²) in [5.41, 5.74) is 9.27. The highest BCUT2D eigenvalue weighted by Gasteiger charge is 2.33. The summed E-state index contributed by atoms with van der Waals surface area (Å²) in [7, 11) is 0. The van der Waals surface area contributed by atoms with Crippen LogP contribution >= 0.6 is 12.2 Å². The highest BCUT2D eigenvalue weighted by Crippen LogP contribution is 2.43. The van der Waals surface area contributed by atoms with Gasteiger partial charge in [0.2, 0.25) is 0 Å². The fourth-order valence-corrected chi connectivity index (χ4v) is 2.33. The van der Waals surface area contributed by atoms with Gasteiger partial charge in [-0.2, -0.15) is 5.10 Å². The smallest absolute Gasteiger partial charge is 0.184 e. The minimum atomic E-state index is 0.269. The van der Waals surface area contributed by atoms with Crippen LogP contribution in [-0.4, -0.2) is 10.8 Å². The molecule has 4 heteroatoms. The first kappa shape index (κ1) is 9.90. The molecule has 0 spiro atoms. The Labute approximate surface area is 90.1 Å². The van der Waals surface area contributed by atoms with Crippen molar-refractivity contribution in [2.24, 2.45) is 22.7 Å². The molecule has 2 aliphatic carbocycles. The van der Waals surface area contributed by atoms with Gasteiger partial charge in [0, 0.05) is 5.71 Å². The van der Waals surface area contributed by atoms with Crippen molar-refractivity contribution in [3.05, 3.63) is 0 Å². The first-order valence-electron chi connectivity index (χ1n) is 5.36. The van der Waals surface area contributed by atoms with Crippen LogP contribution in [0.1, 0.15) is 38.5 Å². The first-order valence-corrected chi connectivity index (χ1v) is 5.77. The topological polar surface area (TPSA) is 50.4 Å². The van der Waals surface area contributed by atoms with Crippen molar-refractivity contribution in [2.45, 2.75) is 38.5 Å². The highest BCUT2D eigenvalue weighted by molar-refractivity contribution is 7.80. The van der Waals surface area contributed by atoms with E-state index in [1.807, 2.05) is 0 Å². The van der Waals surface area contributed by atoms with Crippen LogP contribution < -0.4 is 11.2 Å². The second kappa shape index (κ2) is 4.26. The molecule has 0 bridgehead atoms. The molecule has 0 aromatic heterocycles. The molecule has 0 aliphatic heterocycles. The van der Waals surface area contributed by atoms with Crippen LogP contribution in [0.4, 0.5) is 0 Å². The SMILES string of the molecule is NC(=S)N/N=C1\CCCC(C2CC2)C1. The van der Waals surface area contributed by atoms with Crippen LogP contribution in [0.25, 0.3) is 0 Å². The zero-order valence-corrected chi connectivity index (χ0v) is 9.15. The lowest BCUT2D eigenvalue weighted by atomic mass is 9.84. The molecule has 0 saturated heterocycles. The molecule has 2 saturated carbocycles. The van der Waals surface area contributed by atoms with Gasteiger partial charge in [-0.1, -0.05) is 0 Å². The van der Waals surface area contributed by atoms with E-state index in [1.165, 1.54) is 31.4 Å². The summed E-state index contributed by atoms with van der Waals surface area (Å²) in [6.45, 7) is 0. The molecule has 0 amide bonds. The van der Waals surface area contributed by atoms with Crippen LogP contribution in [0.2, 0.25) is 0 Å². The van der Waals surface area contributed by atoms with Crippen molar-refractivity contribution >= 4 is 23.0 Å². The summed E-state index contributed by atoms with van der Waals surface area (Å²) in [5, 5.41) is 4.51. The van der Waals surface area contributed by atoms with E-state index in [4.69, 9.17) is 18.0 Å². The molecule has 2 aliphatic rings. The summed E-state index contributed by atoms with van der Waals surface area (Å²) >= 11 is 4.72. The van der Waals surface area contributed by atoms with Crippen molar-refractivity contribution in [1.29, 1.82) is 0 Å². The van der Waals surface area contributed by atoms with Crippen molar-refractivity contribution in [1.82, 2.24) is 5.43 Å². The van der Waals surface area contributed by atoms with Crippen LogP contribution in [0.15, 0.2) is 5.10 Å². The fourth-order valence-electron chi connectivity index (χ4n) is 2.28. The maximum atomic E-state index is 5.33. The van der Waals surface area contributed by atoms with Crippen LogP contribution in [-0.2, 0) is 0 Å². The standard InChI is InChI=1S/C10H17N3S/c11-10(14)13-12-9-3-1-2-8(6-9)7-4-5-7/h7-8H,1-6H2,(H3,11,13,14)/b12-9+. The Morgan fingerprint density at radius 3 is 2.79 bits per heavy atom. The minimum Gasteiger partial charge on any atom is -0.375 e. The Hall–Kier alpha value is -0.640.